The van der Waals surface area contributed by atoms with Crippen LogP contribution in [0.4, 0.5) is 0 Å². The van der Waals surface area contributed by atoms with Crippen LogP contribution in [0.1, 0.15) is 34.9 Å². The summed E-state index contributed by atoms with van der Waals surface area (Å²) in [5.74, 6) is 0.749. The van der Waals surface area contributed by atoms with Crippen LogP contribution in [-0.2, 0) is 10.0 Å². The molecule has 0 aliphatic carbocycles. The molecule has 0 radical (unpaired) electrons. The lowest BCUT2D eigenvalue weighted by Gasteiger charge is -2.35. The Morgan fingerprint density at radius 3 is 2.68 bits per heavy atom. The molecule has 0 N–H and O–H groups in total. The highest BCUT2D eigenvalue weighted by Crippen LogP contribution is 2.31. The van der Waals surface area contributed by atoms with Gasteiger partial charge in [0.1, 0.15) is 0 Å². The number of Topliss-reactive ketones (excluding diaryl/α,β-unsaturated/α-hetero) is 1. The molecule has 7 nitrogen and oxygen atoms in total. The second-order valence-corrected chi connectivity index (χ2v) is 7.22. The first-order chi connectivity index (χ1) is 10.4. The molecular formula is C14H15N3O4S. The molecule has 0 unspecified atom stereocenters. The van der Waals surface area contributed by atoms with Gasteiger partial charge in [0.15, 0.2) is 11.6 Å². The van der Waals surface area contributed by atoms with Crippen LogP contribution in [0, 0.1) is 6.92 Å². The molecule has 8 heteroatoms. The molecule has 1 aliphatic rings. The minimum Gasteiger partial charge on any atom is -0.339 e. The molecule has 3 rings (SSSR count). The molecule has 2 heterocycles. The third kappa shape index (κ3) is 2.55. The zero-order chi connectivity index (χ0) is 15.9. The van der Waals surface area contributed by atoms with E-state index in [1.807, 2.05) is 0 Å². The van der Waals surface area contributed by atoms with Crippen molar-refractivity contribution in [3.63, 3.8) is 0 Å². The largest absolute Gasteiger partial charge is 0.339 e. The summed E-state index contributed by atoms with van der Waals surface area (Å²) in [5.41, 5.74) is 0.380. The molecule has 1 saturated heterocycles. The Bertz CT molecular complexity index is 822. The molecule has 0 spiro atoms. The quantitative estimate of drug-likeness (QED) is 0.790. The maximum Gasteiger partial charge on any atom is 0.243 e. The Balaban J connectivity index is 1.78. The SMILES string of the molecule is CC(=O)c1cccc(S(=O)(=O)N2CC(c3nc(C)no3)C2)c1. The van der Waals surface area contributed by atoms with E-state index >= 15 is 0 Å². The fraction of sp³-hybridized carbons (Fsp3) is 0.357. The van der Waals surface area contributed by atoms with E-state index in [4.69, 9.17) is 4.52 Å². The zero-order valence-electron chi connectivity index (χ0n) is 12.2. The van der Waals surface area contributed by atoms with Gasteiger partial charge in [0.2, 0.25) is 15.9 Å². The van der Waals surface area contributed by atoms with E-state index < -0.39 is 10.0 Å². The van der Waals surface area contributed by atoms with E-state index in [1.165, 1.54) is 23.4 Å². The number of hydrogen-bond donors (Lipinski definition) is 0. The number of carbonyl (C=O) groups is 1. The summed E-state index contributed by atoms with van der Waals surface area (Å²) >= 11 is 0. The van der Waals surface area contributed by atoms with Gasteiger partial charge in [-0.25, -0.2) is 8.42 Å². The Morgan fingerprint density at radius 2 is 2.09 bits per heavy atom. The summed E-state index contributed by atoms with van der Waals surface area (Å²) in [5, 5.41) is 3.70. The van der Waals surface area contributed by atoms with Gasteiger partial charge >= 0.3 is 0 Å². The third-order valence-electron chi connectivity index (χ3n) is 3.62. The van der Waals surface area contributed by atoms with Gasteiger partial charge < -0.3 is 4.52 Å². The van der Waals surface area contributed by atoms with E-state index in [9.17, 15) is 13.2 Å². The minimum atomic E-state index is -3.60. The van der Waals surface area contributed by atoms with Crippen LogP contribution in [0.25, 0.3) is 0 Å². The summed E-state index contributed by atoms with van der Waals surface area (Å²) in [6.45, 7) is 3.72. The lowest BCUT2D eigenvalue weighted by Crippen LogP contribution is -2.48. The first kappa shape index (κ1) is 14.9. The Morgan fingerprint density at radius 1 is 1.36 bits per heavy atom. The molecule has 1 aromatic carbocycles. The molecule has 1 aromatic heterocycles. The van der Waals surface area contributed by atoms with Gasteiger partial charge in [-0.2, -0.15) is 9.29 Å². The number of hydrogen-bond acceptors (Lipinski definition) is 6. The van der Waals surface area contributed by atoms with E-state index in [1.54, 1.807) is 19.1 Å². The van der Waals surface area contributed by atoms with Gasteiger partial charge in [0.25, 0.3) is 0 Å². The Kier molecular flexibility index (Phi) is 3.57. The van der Waals surface area contributed by atoms with Gasteiger partial charge in [0.05, 0.1) is 10.8 Å². The van der Waals surface area contributed by atoms with E-state index in [-0.39, 0.29) is 16.6 Å². The van der Waals surface area contributed by atoms with Gasteiger partial charge in [0, 0.05) is 18.7 Å². The molecule has 0 atom stereocenters. The predicted octanol–water partition coefficient (Wildman–Crippen LogP) is 1.37. The lowest BCUT2D eigenvalue weighted by atomic mass is 10.0. The predicted molar refractivity (Wildman–Crippen MR) is 77.0 cm³/mol. The highest BCUT2D eigenvalue weighted by molar-refractivity contribution is 7.89. The summed E-state index contributed by atoms with van der Waals surface area (Å²) in [7, 11) is -3.60. The first-order valence-corrected chi connectivity index (χ1v) is 8.23. The van der Waals surface area contributed by atoms with E-state index in [2.05, 4.69) is 10.1 Å². The van der Waals surface area contributed by atoms with Crippen molar-refractivity contribution >= 4 is 15.8 Å². The van der Waals surface area contributed by atoms with Crippen molar-refractivity contribution in [2.24, 2.45) is 0 Å². The van der Waals surface area contributed by atoms with Crippen molar-refractivity contribution in [3.8, 4) is 0 Å². The van der Waals surface area contributed by atoms with Crippen molar-refractivity contribution in [1.82, 2.24) is 14.4 Å². The van der Waals surface area contributed by atoms with Crippen LogP contribution >= 0.6 is 0 Å². The van der Waals surface area contributed by atoms with Crippen LogP contribution in [-0.4, -0.2) is 41.7 Å². The second-order valence-electron chi connectivity index (χ2n) is 5.28. The van der Waals surface area contributed by atoms with E-state index in [0.717, 1.165) is 0 Å². The molecule has 2 aromatic rings. The van der Waals surface area contributed by atoms with Gasteiger partial charge in [-0.05, 0) is 26.0 Å². The number of rotatable bonds is 4. The molecule has 116 valence electrons. The molecule has 1 aliphatic heterocycles. The van der Waals surface area contributed by atoms with Crippen molar-refractivity contribution < 1.29 is 17.7 Å². The molecule has 0 amide bonds. The number of aryl methyl sites for hydroxylation is 1. The molecule has 22 heavy (non-hydrogen) atoms. The van der Waals surface area contributed by atoms with Crippen LogP contribution < -0.4 is 0 Å². The molecule has 0 bridgehead atoms. The summed E-state index contributed by atoms with van der Waals surface area (Å²) < 4.78 is 31.4. The number of aromatic nitrogens is 2. The van der Waals surface area contributed by atoms with Crippen molar-refractivity contribution in [2.45, 2.75) is 24.7 Å². The highest BCUT2D eigenvalue weighted by Gasteiger charge is 2.40. The molecular weight excluding hydrogens is 306 g/mol. The fourth-order valence-corrected chi connectivity index (χ4v) is 3.87. The van der Waals surface area contributed by atoms with Crippen molar-refractivity contribution in [2.75, 3.05) is 13.1 Å². The second kappa shape index (κ2) is 5.29. The summed E-state index contributed by atoms with van der Waals surface area (Å²) in [6.07, 6.45) is 0. The van der Waals surface area contributed by atoms with Crippen molar-refractivity contribution in [1.29, 1.82) is 0 Å². The third-order valence-corrected chi connectivity index (χ3v) is 5.45. The fourth-order valence-electron chi connectivity index (χ4n) is 2.29. The Labute approximate surface area is 128 Å². The smallest absolute Gasteiger partial charge is 0.243 e. The summed E-state index contributed by atoms with van der Waals surface area (Å²) in [4.78, 5) is 15.6. The van der Waals surface area contributed by atoms with Gasteiger partial charge in [-0.1, -0.05) is 17.3 Å². The average Bonchev–Trinajstić information content (AvgIpc) is 2.83. The van der Waals surface area contributed by atoms with Crippen molar-refractivity contribution in [3.05, 3.63) is 41.5 Å². The van der Waals surface area contributed by atoms with Crippen LogP contribution in [0.5, 0.6) is 0 Å². The van der Waals surface area contributed by atoms with Gasteiger partial charge in [-0.3, -0.25) is 4.79 Å². The van der Waals surface area contributed by atoms with Gasteiger partial charge in [-0.15, -0.1) is 0 Å². The number of sulfonamides is 1. The number of carbonyl (C=O) groups excluding carboxylic acids is 1. The maximum atomic E-state index is 12.5. The number of nitrogens with zero attached hydrogens (tertiary/aromatic N) is 3. The normalized spacial score (nSPS) is 16.5. The van der Waals surface area contributed by atoms with Crippen LogP contribution in [0.2, 0.25) is 0 Å². The minimum absolute atomic E-state index is 0.0769. The first-order valence-electron chi connectivity index (χ1n) is 6.79. The highest BCUT2D eigenvalue weighted by atomic mass is 32.2. The number of ketones is 1. The van der Waals surface area contributed by atoms with Crippen LogP contribution in [0.3, 0.4) is 0 Å². The monoisotopic (exact) mass is 321 g/mol. The van der Waals surface area contributed by atoms with E-state index in [0.29, 0.717) is 30.4 Å². The molecule has 0 saturated carbocycles. The van der Waals surface area contributed by atoms with Crippen LogP contribution in [0.15, 0.2) is 33.7 Å². The zero-order valence-corrected chi connectivity index (χ0v) is 13.0. The average molecular weight is 321 g/mol. The topological polar surface area (TPSA) is 93.4 Å². The Hall–Kier alpha value is -2.06. The summed E-state index contributed by atoms with van der Waals surface area (Å²) in [6, 6.07) is 6.07. The molecule has 1 fully saturated rings. The number of benzene rings is 1. The lowest BCUT2D eigenvalue weighted by molar-refractivity contribution is 0.101. The maximum absolute atomic E-state index is 12.5. The standard InChI is InChI=1S/C14H15N3O4S/c1-9(18)11-4-3-5-13(6-11)22(19,20)17-7-12(8-17)14-15-10(2)16-21-14/h3-6,12H,7-8H2,1-2H3.